The lowest BCUT2D eigenvalue weighted by Crippen LogP contribution is -2.35. The molecule has 0 atom stereocenters. The molecule has 0 saturated heterocycles. The Balaban J connectivity index is 1.65. The maximum absolute atomic E-state index is 12.4. The van der Waals surface area contributed by atoms with Crippen molar-refractivity contribution < 1.29 is 14.3 Å². The number of aromatic nitrogens is 1. The molecule has 0 fully saturated rings. The van der Waals surface area contributed by atoms with Crippen LogP contribution in [-0.4, -0.2) is 40.8 Å². The van der Waals surface area contributed by atoms with Crippen LogP contribution in [0.1, 0.15) is 34.8 Å². The normalized spacial score (nSPS) is 13.2. The SMILES string of the molecule is CCOC(=O)N1CCc2nc(NC(=O)c3ccc(SCC)cc3)sc2C1. The van der Waals surface area contributed by atoms with Crippen LogP contribution < -0.4 is 5.32 Å². The molecule has 2 heterocycles. The number of rotatable bonds is 5. The van der Waals surface area contributed by atoms with Crippen LogP contribution in [0.25, 0.3) is 0 Å². The number of ether oxygens (including phenoxy) is 1. The predicted molar refractivity (Wildman–Crippen MR) is 104 cm³/mol. The van der Waals surface area contributed by atoms with Gasteiger partial charge in [0.2, 0.25) is 0 Å². The van der Waals surface area contributed by atoms with Gasteiger partial charge in [0, 0.05) is 28.3 Å². The lowest BCUT2D eigenvalue weighted by molar-refractivity contribution is 0.102. The number of hydrogen-bond acceptors (Lipinski definition) is 6. The second kappa shape index (κ2) is 8.55. The Bertz CT molecular complexity index is 789. The average Bonchev–Trinajstić information content (AvgIpc) is 3.04. The number of amides is 2. The summed E-state index contributed by atoms with van der Waals surface area (Å²) in [5.41, 5.74) is 1.55. The zero-order chi connectivity index (χ0) is 18.5. The van der Waals surface area contributed by atoms with Gasteiger partial charge in [-0.3, -0.25) is 10.1 Å². The summed E-state index contributed by atoms with van der Waals surface area (Å²) in [5.74, 6) is 0.824. The molecular formula is C18H21N3O3S2. The minimum Gasteiger partial charge on any atom is -0.450 e. The number of thiazole rings is 1. The van der Waals surface area contributed by atoms with Crippen molar-refractivity contribution >= 4 is 40.2 Å². The number of thioether (sulfide) groups is 1. The van der Waals surface area contributed by atoms with Gasteiger partial charge >= 0.3 is 6.09 Å². The zero-order valence-corrected chi connectivity index (χ0v) is 16.4. The fraction of sp³-hybridized carbons (Fsp3) is 0.389. The van der Waals surface area contributed by atoms with Crippen molar-refractivity contribution in [3.63, 3.8) is 0 Å². The van der Waals surface area contributed by atoms with Gasteiger partial charge in [-0.15, -0.1) is 11.8 Å². The molecule has 0 spiro atoms. The molecule has 138 valence electrons. The summed E-state index contributed by atoms with van der Waals surface area (Å²) in [6, 6.07) is 7.55. The third-order valence-corrected chi connectivity index (χ3v) is 5.80. The molecule has 2 amide bonds. The van der Waals surface area contributed by atoms with Crippen LogP contribution in [0, 0.1) is 0 Å². The molecule has 8 heteroatoms. The van der Waals surface area contributed by atoms with Gasteiger partial charge in [0.25, 0.3) is 5.91 Å². The summed E-state index contributed by atoms with van der Waals surface area (Å²) >= 11 is 3.15. The highest BCUT2D eigenvalue weighted by atomic mass is 32.2. The maximum Gasteiger partial charge on any atom is 0.410 e. The first-order valence-corrected chi connectivity index (χ1v) is 10.4. The largest absolute Gasteiger partial charge is 0.450 e. The number of nitrogens with zero attached hydrogens (tertiary/aromatic N) is 2. The number of fused-ring (bicyclic) bond motifs is 1. The number of benzene rings is 1. The van der Waals surface area contributed by atoms with Gasteiger partial charge in [0.1, 0.15) is 0 Å². The fourth-order valence-electron chi connectivity index (χ4n) is 2.66. The first-order chi connectivity index (χ1) is 12.6. The Hall–Kier alpha value is -2.06. The lowest BCUT2D eigenvalue weighted by Gasteiger charge is -2.24. The van der Waals surface area contributed by atoms with Crippen molar-refractivity contribution in [1.82, 2.24) is 9.88 Å². The monoisotopic (exact) mass is 391 g/mol. The van der Waals surface area contributed by atoms with Gasteiger partial charge < -0.3 is 9.64 Å². The van der Waals surface area contributed by atoms with Crippen LogP contribution in [0.4, 0.5) is 9.93 Å². The quantitative estimate of drug-likeness (QED) is 0.780. The van der Waals surface area contributed by atoms with Gasteiger partial charge in [-0.05, 0) is 36.9 Å². The van der Waals surface area contributed by atoms with Gasteiger partial charge in [-0.25, -0.2) is 9.78 Å². The number of carbonyl (C=O) groups is 2. The van der Waals surface area contributed by atoms with Crippen LogP contribution in [-0.2, 0) is 17.7 Å². The van der Waals surface area contributed by atoms with Crippen molar-refractivity contribution in [2.45, 2.75) is 31.7 Å². The Kier molecular flexibility index (Phi) is 6.16. The van der Waals surface area contributed by atoms with Crippen LogP contribution >= 0.6 is 23.1 Å². The van der Waals surface area contributed by atoms with Crippen LogP contribution in [0.3, 0.4) is 0 Å². The lowest BCUT2D eigenvalue weighted by atomic mass is 10.2. The molecule has 1 aliphatic heterocycles. The highest BCUT2D eigenvalue weighted by Gasteiger charge is 2.25. The van der Waals surface area contributed by atoms with E-state index in [1.165, 1.54) is 11.3 Å². The summed E-state index contributed by atoms with van der Waals surface area (Å²) in [5, 5.41) is 3.43. The minimum atomic E-state index is -0.304. The number of carbonyl (C=O) groups excluding carboxylic acids is 2. The van der Waals surface area contributed by atoms with Crippen LogP contribution in [0.5, 0.6) is 0 Å². The van der Waals surface area contributed by atoms with E-state index in [-0.39, 0.29) is 12.0 Å². The Morgan fingerprint density at radius 3 is 2.77 bits per heavy atom. The van der Waals surface area contributed by atoms with Crippen molar-refractivity contribution in [2.75, 3.05) is 24.2 Å². The average molecular weight is 392 g/mol. The summed E-state index contributed by atoms with van der Waals surface area (Å²) in [4.78, 5) is 32.6. The summed E-state index contributed by atoms with van der Waals surface area (Å²) in [6.45, 7) is 5.31. The molecule has 0 saturated carbocycles. The van der Waals surface area contributed by atoms with E-state index in [1.807, 2.05) is 24.3 Å². The predicted octanol–water partition coefficient (Wildman–Crippen LogP) is 4.02. The Morgan fingerprint density at radius 2 is 2.08 bits per heavy atom. The summed E-state index contributed by atoms with van der Waals surface area (Å²) < 4.78 is 5.05. The van der Waals surface area contributed by atoms with E-state index in [4.69, 9.17) is 4.74 Å². The molecular weight excluding hydrogens is 370 g/mol. The van der Waals surface area contributed by atoms with E-state index in [0.717, 1.165) is 21.2 Å². The molecule has 1 N–H and O–H groups in total. The van der Waals surface area contributed by atoms with Gasteiger partial charge in [0.05, 0.1) is 18.8 Å². The van der Waals surface area contributed by atoms with E-state index < -0.39 is 0 Å². The Morgan fingerprint density at radius 1 is 1.31 bits per heavy atom. The van der Waals surface area contributed by atoms with E-state index in [1.54, 1.807) is 23.6 Å². The summed E-state index contributed by atoms with van der Waals surface area (Å²) in [7, 11) is 0. The third kappa shape index (κ3) is 4.37. The minimum absolute atomic E-state index is 0.175. The maximum atomic E-state index is 12.4. The molecule has 1 aliphatic rings. The van der Waals surface area contributed by atoms with Crippen LogP contribution in [0.2, 0.25) is 0 Å². The molecule has 0 unspecified atom stereocenters. The summed E-state index contributed by atoms with van der Waals surface area (Å²) in [6.07, 6.45) is 0.367. The highest BCUT2D eigenvalue weighted by molar-refractivity contribution is 7.99. The van der Waals surface area contributed by atoms with Crippen molar-refractivity contribution in [3.05, 3.63) is 40.4 Å². The van der Waals surface area contributed by atoms with Crippen molar-refractivity contribution in [2.24, 2.45) is 0 Å². The molecule has 0 bridgehead atoms. The molecule has 1 aromatic carbocycles. The molecule has 3 rings (SSSR count). The molecule has 2 aromatic rings. The van der Waals surface area contributed by atoms with Crippen LogP contribution in [0.15, 0.2) is 29.2 Å². The van der Waals surface area contributed by atoms with Crippen molar-refractivity contribution in [3.8, 4) is 0 Å². The number of anilines is 1. The molecule has 0 aliphatic carbocycles. The van der Waals surface area contributed by atoms with E-state index in [2.05, 4.69) is 17.2 Å². The standard InChI is InChI=1S/C18H21N3O3S2/c1-3-24-18(23)21-10-9-14-15(11-21)26-17(19-14)20-16(22)12-5-7-13(8-6-12)25-4-2/h5-8H,3-4,9-11H2,1-2H3,(H,19,20,22). The Labute approximate surface area is 160 Å². The highest BCUT2D eigenvalue weighted by Crippen LogP contribution is 2.29. The second-order valence-electron chi connectivity index (χ2n) is 5.67. The fourth-order valence-corrected chi connectivity index (χ4v) is 4.34. The van der Waals surface area contributed by atoms with E-state index in [0.29, 0.717) is 36.8 Å². The number of nitrogens with one attached hydrogen (secondary N) is 1. The van der Waals surface area contributed by atoms with Crippen molar-refractivity contribution in [1.29, 1.82) is 0 Å². The first kappa shape index (κ1) is 18.7. The molecule has 26 heavy (non-hydrogen) atoms. The van der Waals surface area contributed by atoms with E-state index in [9.17, 15) is 9.59 Å². The molecule has 0 radical (unpaired) electrons. The smallest absolute Gasteiger partial charge is 0.410 e. The van der Waals surface area contributed by atoms with Gasteiger partial charge in [-0.1, -0.05) is 18.3 Å². The van der Waals surface area contributed by atoms with E-state index >= 15 is 0 Å². The van der Waals surface area contributed by atoms with Gasteiger partial charge in [-0.2, -0.15) is 0 Å². The topological polar surface area (TPSA) is 71.5 Å². The molecule has 1 aromatic heterocycles. The zero-order valence-electron chi connectivity index (χ0n) is 14.8. The third-order valence-electron chi connectivity index (χ3n) is 3.91. The number of hydrogen-bond donors (Lipinski definition) is 1. The second-order valence-corrected chi connectivity index (χ2v) is 8.09. The first-order valence-electron chi connectivity index (χ1n) is 8.55. The molecule has 6 nitrogen and oxygen atoms in total. The van der Waals surface area contributed by atoms with Gasteiger partial charge in [0.15, 0.2) is 5.13 Å².